The van der Waals surface area contributed by atoms with E-state index in [-0.39, 0.29) is 11.6 Å². The minimum atomic E-state index is -0.141. The van der Waals surface area contributed by atoms with Crippen molar-refractivity contribution in [3.05, 3.63) is 64.1 Å². The summed E-state index contributed by atoms with van der Waals surface area (Å²) in [7, 11) is 0. The van der Waals surface area contributed by atoms with Crippen molar-refractivity contribution < 1.29 is 9.47 Å². The second-order valence-corrected chi connectivity index (χ2v) is 7.85. The first-order valence-corrected chi connectivity index (χ1v) is 10.6. The summed E-state index contributed by atoms with van der Waals surface area (Å²) < 4.78 is 11.3. The van der Waals surface area contributed by atoms with Crippen LogP contribution in [-0.4, -0.2) is 47.4 Å². The first-order valence-electron chi connectivity index (χ1n) is 10.6. The number of fused-ring (bicyclic) bond motifs is 1. The SMILES string of the molecule is C[C@H]1COCCN1c1nc(-c2ccc(Nc3cccc(=O)[nH]3)cc2)nc2c1COCC2. The fourth-order valence-electron chi connectivity index (χ4n) is 4.00. The average molecular weight is 419 g/mol. The van der Waals surface area contributed by atoms with Crippen LogP contribution >= 0.6 is 0 Å². The number of ether oxygens (including phenoxy) is 2. The molecule has 8 heteroatoms. The molecule has 8 nitrogen and oxygen atoms in total. The Hall–Kier alpha value is -3.23. The molecule has 0 aliphatic carbocycles. The van der Waals surface area contributed by atoms with Gasteiger partial charge >= 0.3 is 0 Å². The Labute approximate surface area is 180 Å². The van der Waals surface area contributed by atoms with E-state index in [1.54, 1.807) is 6.07 Å². The van der Waals surface area contributed by atoms with Gasteiger partial charge in [0.1, 0.15) is 11.6 Å². The highest BCUT2D eigenvalue weighted by molar-refractivity contribution is 5.65. The van der Waals surface area contributed by atoms with Crippen LogP contribution in [0.2, 0.25) is 0 Å². The highest BCUT2D eigenvalue weighted by Crippen LogP contribution is 2.31. The van der Waals surface area contributed by atoms with Crippen molar-refractivity contribution in [1.82, 2.24) is 15.0 Å². The van der Waals surface area contributed by atoms with E-state index in [2.05, 4.69) is 22.1 Å². The van der Waals surface area contributed by atoms with E-state index in [4.69, 9.17) is 19.4 Å². The standard InChI is InChI=1S/C23H25N5O3/c1-15-13-31-12-10-28(15)23-18-14-30-11-9-19(18)25-22(27-23)16-5-7-17(8-6-16)24-20-3-2-4-21(29)26-20/h2-8,15H,9-14H2,1H3,(H2,24,26,29)/t15-/m0/s1. The maximum Gasteiger partial charge on any atom is 0.249 e. The number of morpholine rings is 1. The number of rotatable bonds is 4. The number of pyridine rings is 1. The Morgan fingerprint density at radius 1 is 1.10 bits per heavy atom. The second kappa shape index (κ2) is 8.49. The molecule has 2 aliphatic rings. The molecule has 2 aromatic heterocycles. The van der Waals surface area contributed by atoms with Crippen molar-refractivity contribution in [3.63, 3.8) is 0 Å². The van der Waals surface area contributed by atoms with Gasteiger partial charge in [-0.25, -0.2) is 9.97 Å². The molecule has 0 spiro atoms. The zero-order valence-electron chi connectivity index (χ0n) is 17.4. The Morgan fingerprint density at radius 2 is 1.97 bits per heavy atom. The van der Waals surface area contributed by atoms with E-state index in [9.17, 15) is 4.79 Å². The van der Waals surface area contributed by atoms with Crippen molar-refractivity contribution in [2.24, 2.45) is 0 Å². The largest absolute Gasteiger partial charge is 0.377 e. The maximum absolute atomic E-state index is 11.5. The first kappa shape index (κ1) is 19.7. The Bertz CT molecular complexity index is 1130. The molecule has 31 heavy (non-hydrogen) atoms. The quantitative estimate of drug-likeness (QED) is 0.672. The van der Waals surface area contributed by atoms with Crippen LogP contribution in [0.25, 0.3) is 11.4 Å². The summed E-state index contributed by atoms with van der Waals surface area (Å²) in [6.07, 6.45) is 0.789. The highest BCUT2D eigenvalue weighted by atomic mass is 16.5. The van der Waals surface area contributed by atoms with Crippen LogP contribution in [0.4, 0.5) is 17.3 Å². The van der Waals surface area contributed by atoms with E-state index in [0.29, 0.717) is 38.1 Å². The molecular formula is C23H25N5O3. The fraction of sp³-hybridized carbons (Fsp3) is 0.348. The molecule has 160 valence electrons. The van der Waals surface area contributed by atoms with Crippen LogP contribution in [0.1, 0.15) is 18.2 Å². The van der Waals surface area contributed by atoms with Gasteiger partial charge in [0, 0.05) is 35.8 Å². The summed E-state index contributed by atoms with van der Waals surface area (Å²) in [5.41, 5.74) is 3.84. The predicted molar refractivity (Wildman–Crippen MR) is 119 cm³/mol. The number of hydrogen-bond acceptors (Lipinski definition) is 7. The third-order valence-corrected chi connectivity index (χ3v) is 5.63. The minimum Gasteiger partial charge on any atom is -0.377 e. The molecule has 0 bridgehead atoms. The smallest absolute Gasteiger partial charge is 0.249 e. The second-order valence-electron chi connectivity index (χ2n) is 7.85. The molecule has 0 saturated carbocycles. The fourth-order valence-corrected chi connectivity index (χ4v) is 4.00. The molecule has 0 unspecified atom stereocenters. The van der Waals surface area contributed by atoms with Gasteiger partial charge in [-0.15, -0.1) is 0 Å². The lowest BCUT2D eigenvalue weighted by molar-refractivity contribution is 0.0952. The van der Waals surface area contributed by atoms with Crippen LogP contribution in [-0.2, 0) is 22.5 Å². The van der Waals surface area contributed by atoms with Gasteiger partial charge in [-0.1, -0.05) is 6.07 Å². The van der Waals surface area contributed by atoms with Gasteiger partial charge in [-0.05, 0) is 37.3 Å². The summed E-state index contributed by atoms with van der Waals surface area (Å²) in [5.74, 6) is 2.32. The summed E-state index contributed by atoms with van der Waals surface area (Å²) in [4.78, 5) is 26.4. The van der Waals surface area contributed by atoms with Gasteiger partial charge in [-0.3, -0.25) is 4.79 Å². The Morgan fingerprint density at radius 3 is 2.77 bits per heavy atom. The van der Waals surface area contributed by atoms with Gasteiger partial charge < -0.3 is 24.7 Å². The lowest BCUT2D eigenvalue weighted by atomic mass is 10.1. The molecular weight excluding hydrogens is 394 g/mol. The van der Waals surface area contributed by atoms with Crippen LogP contribution in [0.3, 0.4) is 0 Å². The van der Waals surface area contributed by atoms with Gasteiger partial charge in [-0.2, -0.15) is 0 Å². The van der Waals surface area contributed by atoms with Gasteiger partial charge in [0.2, 0.25) is 5.56 Å². The first-order chi connectivity index (χ1) is 15.2. The van der Waals surface area contributed by atoms with Gasteiger partial charge in [0.25, 0.3) is 0 Å². The van der Waals surface area contributed by atoms with E-state index in [0.717, 1.165) is 41.3 Å². The van der Waals surface area contributed by atoms with Crippen LogP contribution in [0.15, 0.2) is 47.3 Å². The van der Waals surface area contributed by atoms with Gasteiger partial charge in [0.15, 0.2) is 5.82 Å². The van der Waals surface area contributed by atoms with Crippen molar-refractivity contribution in [3.8, 4) is 11.4 Å². The lowest BCUT2D eigenvalue weighted by Crippen LogP contribution is -2.45. The number of hydrogen-bond donors (Lipinski definition) is 2. The number of H-pyrrole nitrogens is 1. The molecule has 1 atom stereocenters. The molecule has 5 rings (SSSR count). The lowest BCUT2D eigenvalue weighted by Gasteiger charge is -2.36. The van der Waals surface area contributed by atoms with E-state index in [1.807, 2.05) is 30.3 Å². The molecule has 0 radical (unpaired) electrons. The van der Waals surface area contributed by atoms with E-state index < -0.39 is 0 Å². The predicted octanol–water partition coefficient (Wildman–Crippen LogP) is 2.87. The van der Waals surface area contributed by atoms with Crippen LogP contribution < -0.4 is 15.8 Å². The molecule has 1 fully saturated rings. The van der Waals surface area contributed by atoms with Crippen molar-refractivity contribution in [2.45, 2.75) is 26.0 Å². The summed E-state index contributed by atoms with van der Waals surface area (Å²) in [5, 5.41) is 3.21. The maximum atomic E-state index is 11.5. The third-order valence-electron chi connectivity index (χ3n) is 5.63. The monoisotopic (exact) mass is 419 g/mol. The van der Waals surface area contributed by atoms with E-state index in [1.165, 1.54) is 6.07 Å². The zero-order chi connectivity index (χ0) is 21.2. The molecule has 0 amide bonds. The molecule has 2 aliphatic heterocycles. The highest BCUT2D eigenvalue weighted by Gasteiger charge is 2.27. The summed E-state index contributed by atoms with van der Waals surface area (Å²) in [6.45, 7) is 5.58. The minimum absolute atomic E-state index is 0.141. The molecule has 1 aromatic carbocycles. The van der Waals surface area contributed by atoms with Crippen molar-refractivity contribution in [2.75, 3.05) is 36.6 Å². The molecule has 3 aromatic rings. The third kappa shape index (κ3) is 4.17. The summed E-state index contributed by atoms with van der Waals surface area (Å²) in [6, 6.07) is 13.2. The summed E-state index contributed by atoms with van der Waals surface area (Å²) >= 11 is 0. The normalized spacial score (nSPS) is 18.5. The van der Waals surface area contributed by atoms with Crippen molar-refractivity contribution >= 4 is 17.3 Å². The number of nitrogens with zero attached hydrogens (tertiary/aromatic N) is 3. The Kier molecular flexibility index (Phi) is 5.40. The molecule has 1 saturated heterocycles. The van der Waals surface area contributed by atoms with Crippen molar-refractivity contribution in [1.29, 1.82) is 0 Å². The topological polar surface area (TPSA) is 92.4 Å². The molecule has 4 heterocycles. The molecule has 2 N–H and O–H groups in total. The number of aromatic nitrogens is 3. The number of anilines is 3. The zero-order valence-corrected chi connectivity index (χ0v) is 17.4. The number of aromatic amines is 1. The Balaban J connectivity index is 1.47. The van der Waals surface area contributed by atoms with Gasteiger partial charge in [0.05, 0.1) is 38.2 Å². The van der Waals surface area contributed by atoms with Crippen LogP contribution in [0, 0.1) is 0 Å². The average Bonchev–Trinajstić information content (AvgIpc) is 2.79. The number of benzene rings is 1. The number of nitrogens with one attached hydrogen (secondary N) is 2. The van der Waals surface area contributed by atoms with E-state index >= 15 is 0 Å². The van der Waals surface area contributed by atoms with Crippen LogP contribution in [0.5, 0.6) is 0 Å².